The predicted molar refractivity (Wildman–Crippen MR) is 89.6 cm³/mol. The number of benzene rings is 1. The Kier molecular flexibility index (Phi) is 5.27. The number of hydrogen-bond acceptors (Lipinski definition) is 2. The quantitative estimate of drug-likeness (QED) is 0.816. The van der Waals surface area contributed by atoms with Crippen LogP contribution in [0, 0.1) is 5.41 Å². The molecule has 3 heteroatoms. The fourth-order valence-corrected chi connectivity index (χ4v) is 2.59. The normalized spacial score (nSPS) is 16.5. The first-order valence-electron chi connectivity index (χ1n) is 8.19. The van der Waals surface area contributed by atoms with E-state index in [9.17, 15) is 4.79 Å². The molecule has 0 radical (unpaired) electrons. The molecule has 1 aliphatic rings. The monoisotopic (exact) mass is 288 g/mol. The molecule has 21 heavy (non-hydrogen) atoms. The van der Waals surface area contributed by atoms with Gasteiger partial charge in [0.2, 0.25) is 5.91 Å². The number of anilines is 2. The second kappa shape index (κ2) is 6.97. The summed E-state index contributed by atoms with van der Waals surface area (Å²) >= 11 is 0. The first kappa shape index (κ1) is 15.9. The van der Waals surface area contributed by atoms with Crippen LogP contribution in [-0.2, 0) is 4.79 Å². The summed E-state index contributed by atoms with van der Waals surface area (Å²) in [5.41, 5.74) is 1.70. The van der Waals surface area contributed by atoms with E-state index in [0.717, 1.165) is 17.8 Å². The number of carbonyl (C=O) groups excluding carboxylic acids is 1. The van der Waals surface area contributed by atoms with Crippen molar-refractivity contribution in [1.82, 2.24) is 0 Å². The van der Waals surface area contributed by atoms with Crippen molar-refractivity contribution in [3.63, 3.8) is 0 Å². The van der Waals surface area contributed by atoms with Crippen molar-refractivity contribution in [2.24, 2.45) is 5.41 Å². The van der Waals surface area contributed by atoms with Crippen molar-refractivity contribution in [3.8, 4) is 0 Å². The van der Waals surface area contributed by atoms with E-state index in [-0.39, 0.29) is 11.3 Å². The first-order valence-corrected chi connectivity index (χ1v) is 8.19. The van der Waals surface area contributed by atoms with Gasteiger partial charge in [-0.1, -0.05) is 40.0 Å². The predicted octanol–water partition coefficient (Wildman–Crippen LogP) is 4.81. The third-order valence-corrected chi connectivity index (χ3v) is 4.62. The Morgan fingerprint density at radius 2 is 1.67 bits per heavy atom. The van der Waals surface area contributed by atoms with Gasteiger partial charge in [0.05, 0.1) is 0 Å². The lowest BCUT2D eigenvalue weighted by atomic mass is 9.89. The summed E-state index contributed by atoms with van der Waals surface area (Å²) in [4.78, 5) is 12.1. The Balaban J connectivity index is 1.91. The lowest BCUT2D eigenvalue weighted by Gasteiger charge is -2.24. The SMILES string of the molecule is CCC(C)(C)C(=O)Nc1ccc(NC2CCCCC2)cc1. The van der Waals surface area contributed by atoms with E-state index in [1.165, 1.54) is 32.1 Å². The molecule has 0 saturated heterocycles. The molecule has 0 aromatic heterocycles. The van der Waals surface area contributed by atoms with E-state index >= 15 is 0 Å². The highest BCUT2D eigenvalue weighted by Crippen LogP contribution is 2.24. The average molecular weight is 288 g/mol. The van der Waals surface area contributed by atoms with Crippen LogP contribution in [0.25, 0.3) is 0 Å². The fourth-order valence-electron chi connectivity index (χ4n) is 2.59. The van der Waals surface area contributed by atoms with Crippen molar-refractivity contribution in [2.45, 2.75) is 65.3 Å². The molecule has 116 valence electrons. The third kappa shape index (κ3) is 4.48. The summed E-state index contributed by atoms with van der Waals surface area (Å²) < 4.78 is 0. The molecular weight excluding hydrogens is 260 g/mol. The van der Waals surface area contributed by atoms with Gasteiger partial charge >= 0.3 is 0 Å². The van der Waals surface area contributed by atoms with E-state index in [2.05, 4.69) is 22.8 Å². The number of rotatable bonds is 5. The molecule has 0 atom stereocenters. The van der Waals surface area contributed by atoms with Gasteiger partial charge in [-0.25, -0.2) is 0 Å². The van der Waals surface area contributed by atoms with Crippen molar-refractivity contribution < 1.29 is 4.79 Å². The van der Waals surface area contributed by atoms with Gasteiger partial charge in [0.1, 0.15) is 0 Å². The van der Waals surface area contributed by atoms with Crippen molar-refractivity contribution >= 4 is 17.3 Å². The Morgan fingerprint density at radius 3 is 2.24 bits per heavy atom. The van der Waals surface area contributed by atoms with E-state index in [1.807, 2.05) is 32.9 Å². The molecule has 1 aromatic rings. The van der Waals surface area contributed by atoms with Gasteiger partial charge in [-0.15, -0.1) is 0 Å². The molecule has 0 unspecified atom stereocenters. The highest BCUT2D eigenvalue weighted by molar-refractivity contribution is 5.94. The zero-order valence-corrected chi connectivity index (χ0v) is 13.5. The molecule has 2 N–H and O–H groups in total. The zero-order valence-electron chi connectivity index (χ0n) is 13.5. The van der Waals surface area contributed by atoms with Gasteiger partial charge in [0.25, 0.3) is 0 Å². The van der Waals surface area contributed by atoms with Gasteiger partial charge in [0.15, 0.2) is 0 Å². The van der Waals surface area contributed by atoms with Crippen LogP contribution in [-0.4, -0.2) is 11.9 Å². The first-order chi connectivity index (χ1) is 10.0. The highest BCUT2D eigenvalue weighted by Gasteiger charge is 2.25. The standard InChI is InChI=1S/C18H28N2O/c1-4-18(2,3)17(21)20-16-12-10-15(11-13-16)19-14-8-6-5-7-9-14/h10-14,19H,4-9H2,1-3H3,(H,20,21). The van der Waals surface area contributed by atoms with E-state index in [0.29, 0.717) is 6.04 Å². The van der Waals surface area contributed by atoms with Gasteiger partial charge < -0.3 is 10.6 Å². The molecule has 2 rings (SSSR count). The van der Waals surface area contributed by atoms with Crippen LogP contribution >= 0.6 is 0 Å². The molecule has 0 spiro atoms. The fraction of sp³-hybridized carbons (Fsp3) is 0.611. The van der Waals surface area contributed by atoms with Crippen LogP contribution in [0.2, 0.25) is 0 Å². The van der Waals surface area contributed by atoms with Crippen molar-refractivity contribution in [1.29, 1.82) is 0 Å². The minimum absolute atomic E-state index is 0.0815. The van der Waals surface area contributed by atoms with Crippen LogP contribution in [0.15, 0.2) is 24.3 Å². The molecule has 1 aliphatic carbocycles. The molecule has 1 saturated carbocycles. The van der Waals surface area contributed by atoms with Crippen molar-refractivity contribution in [3.05, 3.63) is 24.3 Å². The Bertz CT molecular complexity index is 459. The topological polar surface area (TPSA) is 41.1 Å². The van der Waals surface area contributed by atoms with Crippen molar-refractivity contribution in [2.75, 3.05) is 10.6 Å². The summed E-state index contributed by atoms with van der Waals surface area (Å²) in [7, 11) is 0. The Morgan fingerprint density at radius 1 is 1.10 bits per heavy atom. The maximum Gasteiger partial charge on any atom is 0.230 e. The van der Waals surface area contributed by atoms with E-state index < -0.39 is 0 Å². The maximum absolute atomic E-state index is 12.1. The number of amides is 1. The molecule has 1 fully saturated rings. The van der Waals surface area contributed by atoms with E-state index in [4.69, 9.17) is 0 Å². The molecule has 3 nitrogen and oxygen atoms in total. The zero-order chi connectivity index (χ0) is 15.3. The minimum atomic E-state index is -0.320. The lowest BCUT2D eigenvalue weighted by Crippen LogP contribution is -2.29. The van der Waals surface area contributed by atoms with Gasteiger partial charge in [-0.2, -0.15) is 0 Å². The van der Waals surface area contributed by atoms with Crippen LogP contribution < -0.4 is 10.6 Å². The van der Waals surface area contributed by atoms with Gasteiger partial charge in [0, 0.05) is 22.8 Å². The lowest BCUT2D eigenvalue weighted by molar-refractivity contribution is -0.124. The van der Waals surface area contributed by atoms with Gasteiger partial charge in [-0.05, 0) is 43.5 Å². The summed E-state index contributed by atoms with van der Waals surface area (Å²) in [6, 6.07) is 8.69. The molecule has 0 aliphatic heterocycles. The summed E-state index contributed by atoms with van der Waals surface area (Å²) in [5.74, 6) is 0.0815. The summed E-state index contributed by atoms with van der Waals surface area (Å²) in [6.45, 7) is 5.99. The second-order valence-electron chi connectivity index (χ2n) is 6.75. The van der Waals surface area contributed by atoms with Gasteiger partial charge in [-0.3, -0.25) is 4.79 Å². The summed E-state index contributed by atoms with van der Waals surface area (Å²) in [5, 5.41) is 6.59. The number of carbonyl (C=O) groups is 1. The van der Waals surface area contributed by atoms with Crippen LogP contribution in [0.1, 0.15) is 59.3 Å². The second-order valence-corrected chi connectivity index (χ2v) is 6.75. The molecule has 0 heterocycles. The third-order valence-electron chi connectivity index (χ3n) is 4.62. The Labute approximate surface area is 128 Å². The van der Waals surface area contributed by atoms with E-state index in [1.54, 1.807) is 0 Å². The van der Waals surface area contributed by atoms with Crippen LogP contribution in [0.3, 0.4) is 0 Å². The van der Waals surface area contributed by atoms with Crippen LogP contribution in [0.5, 0.6) is 0 Å². The van der Waals surface area contributed by atoms with Crippen LogP contribution in [0.4, 0.5) is 11.4 Å². The maximum atomic E-state index is 12.1. The summed E-state index contributed by atoms with van der Waals surface area (Å²) in [6.07, 6.45) is 7.40. The number of nitrogens with one attached hydrogen (secondary N) is 2. The number of hydrogen-bond donors (Lipinski definition) is 2. The average Bonchev–Trinajstić information content (AvgIpc) is 2.50. The highest BCUT2D eigenvalue weighted by atomic mass is 16.2. The molecule has 1 aromatic carbocycles. The minimum Gasteiger partial charge on any atom is -0.382 e. The largest absolute Gasteiger partial charge is 0.382 e. The Hall–Kier alpha value is -1.51. The molecular formula is C18H28N2O. The molecule has 0 bridgehead atoms. The molecule has 1 amide bonds. The smallest absolute Gasteiger partial charge is 0.230 e.